The van der Waals surface area contributed by atoms with E-state index < -0.39 is 0 Å². The summed E-state index contributed by atoms with van der Waals surface area (Å²) in [6.45, 7) is 15.3. The molecule has 0 spiro atoms. The molecule has 0 aliphatic rings. The van der Waals surface area contributed by atoms with Crippen molar-refractivity contribution in [1.29, 1.82) is 0 Å². The molecular formula is C16H33NO. The van der Waals surface area contributed by atoms with Crippen molar-refractivity contribution in [2.45, 2.75) is 73.3 Å². The van der Waals surface area contributed by atoms with E-state index >= 15 is 0 Å². The van der Waals surface area contributed by atoms with Gasteiger partial charge in [-0.05, 0) is 25.2 Å². The van der Waals surface area contributed by atoms with Crippen LogP contribution in [0.5, 0.6) is 0 Å². The van der Waals surface area contributed by atoms with Crippen LogP contribution in [0.1, 0.15) is 67.2 Å². The van der Waals surface area contributed by atoms with Gasteiger partial charge in [0.05, 0.1) is 0 Å². The molecule has 2 heteroatoms. The van der Waals surface area contributed by atoms with Gasteiger partial charge >= 0.3 is 0 Å². The number of carbonyl (C=O) groups is 1. The summed E-state index contributed by atoms with van der Waals surface area (Å²) in [7, 11) is 0. The van der Waals surface area contributed by atoms with Crippen LogP contribution < -0.4 is 0 Å². The fraction of sp³-hybridized carbons (Fsp3) is 0.938. The van der Waals surface area contributed by atoms with Crippen LogP contribution in [-0.2, 0) is 4.79 Å². The van der Waals surface area contributed by atoms with Crippen LogP contribution in [0.2, 0.25) is 0 Å². The SMILES string of the molecule is CCCC(C)(C=O)CN(CC(C)C)C(CC)CC. The topological polar surface area (TPSA) is 20.3 Å². The van der Waals surface area contributed by atoms with Crippen LogP contribution in [0.25, 0.3) is 0 Å². The Kier molecular flexibility index (Phi) is 8.51. The van der Waals surface area contributed by atoms with E-state index in [9.17, 15) is 4.79 Å². The van der Waals surface area contributed by atoms with Gasteiger partial charge in [0, 0.05) is 24.5 Å². The molecule has 0 saturated carbocycles. The number of hydrogen-bond donors (Lipinski definition) is 0. The summed E-state index contributed by atoms with van der Waals surface area (Å²) in [5.41, 5.74) is -0.174. The Labute approximate surface area is 114 Å². The summed E-state index contributed by atoms with van der Waals surface area (Å²) in [6, 6.07) is 0.614. The number of aldehydes is 1. The first-order chi connectivity index (χ1) is 8.42. The second-order valence-electron chi connectivity index (χ2n) is 6.32. The Balaban J connectivity index is 4.79. The van der Waals surface area contributed by atoms with Gasteiger partial charge in [-0.2, -0.15) is 0 Å². The Morgan fingerprint density at radius 2 is 1.72 bits per heavy atom. The number of rotatable bonds is 10. The van der Waals surface area contributed by atoms with Crippen molar-refractivity contribution in [2.75, 3.05) is 13.1 Å². The molecule has 0 fully saturated rings. The van der Waals surface area contributed by atoms with Gasteiger partial charge in [0.2, 0.25) is 0 Å². The van der Waals surface area contributed by atoms with Crippen molar-refractivity contribution in [3.8, 4) is 0 Å². The summed E-state index contributed by atoms with van der Waals surface area (Å²) in [5, 5.41) is 0. The maximum absolute atomic E-state index is 11.4. The molecule has 0 N–H and O–H groups in total. The van der Waals surface area contributed by atoms with Crippen molar-refractivity contribution >= 4 is 6.29 Å². The predicted octanol–water partition coefficient (Wildman–Crippen LogP) is 4.14. The molecule has 0 amide bonds. The summed E-state index contributed by atoms with van der Waals surface area (Å²) in [5.74, 6) is 0.656. The highest BCUT2D eigenvalue weighted by Crippen LogP contribution is 2.25. The second-order valence-corrected chi connectivity index (χ2v) is 6.32. The molecule has 0 aromatic heterocycles. The Bertz CT molecular complexity index is 223. The number of carbonyl (C=O) groups excluding carboxylic acids is 1. The molecule has 0 bridgehead atoms. The fourth-order valence-electron chi connectivity index (χ4n) is 2.83. The van der Waals surface area contributed by atoms with Gasteiger partial charge in [-0.3, -0.25) is 4.90 Å². The summed E-state index contributed by atoms with van der Waals surface area (Å²) in [6.07, 6.45) is 5.58. The molecule has 0 rings (SSSR count). The van der Waals surface area contributed by atoms with E-state index in [1.54, 1.807) is 0 Å². The first-order valence-corrected chi connectivity index (χ1v) is 7.62. The molecule has 18 heavy (non-hydrogen) atoms. The van der Waals surface area contributed by atoms with Gasteiger partial charge in [-0.15, -0.1) is 0 Å². The average molecular weight is 255 g/mol. The van der Waals surface area contributed by atoms with Gasteiger partial charge in [0.15, 0.2) is 0 Å². The monoisotopic (exact) mass is 255 g/mol. The number of nitrogens with zero attached hydrogens (tertiary/aromatic N) is 1. The zero-order valence-corrected chi connectivity index (χ0v) is 13.3. The largest absolute Gasteiger partial charge is 0.303 e. The van der Waals surface area contributed by atoms with E-state index in [4.69, 9.17) is 0 Å². The van der Waals surface area contributed by atoms with Crippen LogP contribution in [0.15, 0.2) is 0 Å². The molecule has 0 saturated heterocycles. The minimum Gasteiger partial charge on any atom is -0.303 e. The summed E-state index contributed by atoms with van der Waals surface area (Å²) in [4.78, 5) is 13.9. The lowest BCUT2D eigenvalue weighted by Gasteiger charge is -2.37. The van der Waals surface area contributed by atoms with Gasteiger partial charge in [0.1, 0.15) is 6.29 Å². The molecule has 108 valence electrons. The highest BCUT2D eigenvalue weighted by atomic mass is 16.1. The zero-order chi connectivity index (χ0) is 14.2. The average Bonchev–Trinajstić information content (AvgIpc) is 2.30. The lowest BCUT2D eigenvalue weighted by atomic mass is 9.85. The highest BCUT2D eigenvalue weighted by Gasteiger charge is 2.28. The van der Waals surface area contributed by atoms with Crippen LogP contribution in [0.3, 0.4) is 0 Å². The lowest BCUT2D eigenvalue weighted by molar-refractivity contribution is -0.117. The van der Waals surface area contributed by atoms with Crippen molar-refractivity contribution in [3.05, 3.63) is 0 Å². The molecule has 0 aromatic rings. The van der Waals surface area contributed by atoms with E-state index in [0.717, 1.165) is 25.9 Å². The van der Waals surface area contributed by atoms with Gasteiger partial charge < -0.3 is 4.79 Å². The third-order valence-corrected chi connectivity index (χ3v) is 3.73. The predicted molar refractivity (Wildman–Crippen MR) is 79.9 cm³/mol. The van der Waals surface area contributed by atoms with E-state index in [0.29, 0.717) is 12.0 Å². The Morgan fingerprint density at radius 1 is 1.17 bits per heavy atom. The third kappa shape index (κ3) is 5.99. The quantitative estimate of drug-likeness (QED) is 0.547. The van der Waals surface area contributed by atoms with Crippen LogP contribution in [0, 0.1) is 11.3 Å². The smallest absolute Gasteiger partial charge is 0.127 e. The van der Waals surface area contributed by atoms with E-state index in [-0.39, 0.29) is 5.41 Å². The molecule has 0 radical (unpaired) electrons. The van der Waals surface area contributed by atoms with E-state index in [1.165, 1.54) is 19.1 Å². The first-order valence-electron chi connectivity index (χ1n) is 7.62. The molecule has 2 nitrogen and oxygen atoms in total. The third-order valence-electron chi connectivity index (χ3n) is 3.73. The van der Waals surface area contributed by atoms with Crippen molar-refractivity contribution in [2.24, 2.45) is 11.3 Å². The maximum Gasteiger partial charge on any atom is 0.127 e. The van der Waals surface area contributed by atoms with Crippen LogP contribution >= 0.6 is 0 Å². The van der Waals surface area contributed by atoms with Crippen LogP contribution in [-0.4, -0.2) is 30.3 Å². The zero-order valence-electron chi connectivity index (χ0n) is 13.3. The van der Waals surface area contributed by atoms with Crippen LogP contribution in [0.4, 0.5) is 0 Å². The molecule has 1 unspecified atom stereocenters. The van der Waals surface area contributed by atoms with Gasteiger partial charge in [-0.25, -0.2) is 0 Å². The minimum atomic E-state index is -0.174. The van der Waals surface area contributed by atoms with E-state index in [2.05, 4.69) is 46.4 Å². The molecule has 0 aliphatic heterocycles. The maximum atomic E-state index is 11.4. The van der Waals surface area contributed by atoms with E-state index in [1.807, 2.05) is 0 Å². The van der Waals surface area contributed by atoms with Crippen molar-refractivity contribution in [3.63, 3.8) is 0 Å². The molecular weight excluding hydrogens is 222 g/mol. The molecule has 0 heterocycles. The molecule has 0 aliphatic carbocycles. The summed E-state index contributed by atoms with van der Waals surface area (Å²) >= 11 is 0. The second kappa shape index (κ2) is 8.68. The van der Waals surface area contributed by atoms with Gasteiger partial charge in [0.25, 0.3) is 0 Å². The fourth-order valence-corrected chi connectivity index (χ4v) is 2.83. The highest BCUT2D eigenvalue weighted by molar-refractivity contribution is 5.59. The summed E-state index contributed by atoms with van der Waals surface area (Å²) < 4.78 is 0. The van der Waals surface area contributed by atoms with Gasteiger partial charge in [-0.1, -0.05) is 48.0 Å². The lowest BCUT2D eigenvalue weighted by Crippen LogP contribution is -2.44. The Hall–Kier alpha value is -0.370. The Morgan fingerprint density at radius 3 is 2.06 bits per heavy atom. The number of hydrogen-bond acceptors (Lipinski definition) is 2. The van der Waals surface area contributed by atoms with Crippen molar-refractivity contribution < 1.29 is 4.79 Å². The minimum absolute atomic E-state index is 0.174. The first kappa shape index (κ1) is 17.6. The van der Waals surface area contributed by atoms with Crippen molar-refractivity contribution in [1.82, 2.24) is 4.90 Å². The standard InChI is InChI=1S/C16H33NO/c1-7-10-16(6,13-18)12-17(11-14(4)5)15(8-2)9-3/h13-15H,7-12H2,1-6H3. The normalized spacial score (nSPS) is 15.4. The molecule has 1 atom stereocenters. The molecule has 0 aromatic carbocycles.